The Morgan fingerprint density at radius 2 is 1.69 bits per heavy atom. The number of nitrogens with zero attached hydrogens (tertiary/aromatic N) is 2. The van der Waals surface area contributed by atoms with Gasteiger partial charge in [-0.15, -0.1) is 10.2 Å². The van der Waals surface area contributed by atoms with Gasteiger partial charge < -0.3 is 23.4 Å². The molecule has 3 aromatic rings. The van der Waals surface area contributed by atoms with Crippen LogP contribution in [0.15, 0.2) is 34.7 Å². The first-order valence-electron chi connectivity index (χ1n) is 8.21. The van der Waals surface area contributed by atoms with Crippen molar-refractivity contribution in [1.29, 1.82) is 0 Å². The highest BCUT2D eigenvalue weighted by atomic mass is 35.5. The van der Waals surface area contributed by atoms with E-state index in [0.717, 1.165) is 0 Å². The van der Waals surface area contributed by atoms with Crippen molar-refractivity contribution < 1.29 is 28.2 Å². The highest BCUT2D eigenvalue weighted by Crippen LogP contribution is 2.40. The van der Waals surface area contributed by atoms with Crippen molar-refractivity contribution in [2.24, 2.45) is 0 Å². The van der Waals surface area contributed by atoms with Crippen molar-refractivity contribution in [1.82, 2.24) is 10.2 Å². The summed E-state index contributed by atoms with van der Waals surface area (Å²) in [6, 6.07) is 7.80. The van der Waals surface area contributed by atoms with Crippen LogP contribution < -0.4 is 14.2 Å². The van der Waals surface area contributed by atoms with Gasteiger partial charge in [0.25, 0.3) is 5.89 Å². The number of halogens is 2. The molecule has 0 aliphatic rings. The molecule has 0 radical (unpaired) electrons. The van der Waals surface area contributed by atoms with Gasteiger partial charge >= 0.3 is 5.97 Å². The number of benzene rings is 2. The maximum absolute atomic E-state index is 12.2. The summed E-state index contributed by atoms with van der Waals surface area (Å²) in [6.45, 7) is -0.227. The van der Waals surface area contributed by atoms with E-state index in [0.29, 0.717) is 27.8 Å². The summed E-state index contributed by atoms with van der Waals surface area (Å²) in [5.41, 5.74) is 0.728. The molecule has 3 rings (SSSR count). The molecule has 0 saturated heterocycles. The largest absolute Gasteiger partial charge is 0.493 e. The Morgan fingerprint density at radius 1 is 1.00 bits per heavy atom. The van der Waals surface area contributed by atoms with Crippen LogP contribution in [0.2, 0.25) is 10.0 Å². The lowest BCUT2D eigenvalue weighted by molar-refractivity contribution is 0.0439. The van der Waals surface area contributed by atoms with Gasteiger partial charge in [-0.3, -0.25) is 0 Å². The number of esters is 1. The van der Waals surface area contributed by atoms with Crippen LogP contribution in [-0.2, 0) is 11.3 Å². The van der Waals surface area contributed by atoms with Crippen molar-refractivity contribution >= 4 is 29.2 Å². The number of hydrogen-bond acceptors (Lipinski definition) is 8. The van der Waals surface area contributed by atoms with Gasteiger partial charge in [-0.2, -0.15) is 0 Å². The molecule has 2 aromatic carbocycles. The van der Waals surface area contributed by atoms with Crippen LogP contribution in [0.4, 0.5) is 0 Å². The molecule has 8 nitrogen and oxygen atoms in total. The predicted molar refractivity (Wildman–Crippen MR) is 105 cm³/mol. The van der Waals surface area contributed by atoms with Crippen LogP contribution in [-0.4, -0.2) is 37.5 Å². The molecule has 0 unspecified atom stereocenters. The minimum absolute atomic E-state index is 0.104. The van der Waals surface area contributed by atoms with Crippen molar-refractivity contribution in [3.63, 3.8) is 0 Å². The van der Waals surface area contributed by atoms with Gasteiger partial charge in [0, 0.05) is 10.6 Å². The molecule has 0 aliphatic heterocycles. The normalized spacial score (nSPS) is 10.5. The molecule has 152 valence electrons. The van der Waals surface area contributed by atoms with Crippen LogP contribution in [0.5, 0.6) is 17.2 Å². The fraction of sp³-hybridized carbons (Fsp3) is 0.211. The Hall–Kier alpha value is -2.97. The Bertz CT molecular complexity index is 1010. The van der Waals surface area contributed by atoms with Gasteiger partial charge in [-0.25, -0.2) is 4.79 Å². The lowest BCUT2D eigenvalue weighted by Crippen LogP contribution is -2.06. The van der Waals surface area contributed by atoms with Gasteiger partial charge in [0.05, 0.1) is 31.9 Å². The summed E-state index contributed by atoms with van der Waals surface area (Å²) in [7, 11) is 4.51. The highest BCUT2D eigenvalue weighted by Gasteiger charge is 2.19. The summed E-state index contributed by atoms with van der Waals surface area (Å²) in [5, 5.41) is 8.46. The summed E-state index contributed by atoms with van der Waals surface area (Å²) in [6.07, 6.45) is 0. The first kappa shape index (κ1) is 20.8. The average molecular weight is 439 g/mol. The van der Waals surface area contributed by atoms with E-state index < -0.39 is 5.97 Å². The van der Waals surface area contributed by atoms with Crippen molar-refractivity contribution in [3.05, 3.63) is 51.8 Å². The van der Waals surface area contributed by atoms with E-state index in [1.807, 2.05) is 0 Å². The molecule has 0 fully saturated rings. The number of ether oxygens (including phenoxy) is 4. The minimum Gasteiger partial charge on any atom is -0.493 e. The van der Waals surface area contributed by atoms with E-state index in [4.69, 9.17) is 46.6 Å². The van der Waals surface area contributed by atoms with Crippen LogP contribution >= 0.6 is 23.2 Å². The highest BCUT2D eigenvalue weighted by molar-refractivity contribution is 6.36. The van der Waals surface area contributed by atoms with E-state index in [1.54, 1.807) is 18.2 Å². The third-order valence-electron chi connectivity index (χ3n) is 3.86. The zero-order valence-corrected chi connectivity index (χ0v) is 17.2. The van der Waals surface area contributed by atoms with E-state index in [1.165, 1.54) is 33.5 Å². The summed E-state index contributed by atoms with van der Waals surface area (Å²) in [4.78, 5) is 12.2. The fourth-order valence-electron chi connectivity index (χ4n) is 2.49. The predicted octanol–water partition coefficient (Wildman–Crippen LogP) is 4.43. The number of rotatable bonds is 7. The molecule has 0 bridgehead atoms. The van der Waals surface area contributed by atoms with Gasteiger partial charge in [0.2, 0.25) is 11.6 Å². The van der Waals surface area contributed by atoms with Gasteiger partial charge in [-0.1, -0.05) is 23.2 Å². The molecule has 0 atom stereocenters. The molecular formula is C19H16Cl2N2O6. The molecule has 29 heavy (non-hydrogen) atoms. The molecule has 0 saturated carbocycles. The second-order valence-electron chi connectivity index (χ2n) is 5.62. The van der Waals surface area contributed by atoms with Crippen LogP contribution in [0.1, 0.15) is 16.2 Å². The number of carbonyl (C=O) groups excluding carboxylic acids is 1. The lowest BCUT2D eigenvalue weighted by Gasteiger charge is -2.12. The Balaban J connectivity index is 1.76. The number of hydrogen-bond donors (Lipinski definition) is 0. The van der Waals surface area contributed by atoms with Crippen LogP contribution in [0.3, 0.4) is 0 Å². The summed E-state index contributed by atoms with van der Waals surface area (Å²) >= 11 is 11.8. The molecule has 0 spiro atoms. The maximum Gasteiger partial charge on any atom is 0.340 e. The van der Waals surface area contributed by atoms with E-state index in [2.05, 4.69) is 10.2 Å². The third kappa shape index (κ3) is 4.55. The zero-order chi connectivity index (χ0) is 21.0. The average Bonchev–Trinajstić information content (AvgIpc) is 3.20. The van der Waals surface area contributed by atoms with E-state index >= 15 is 0 Å². The third-order valence-corrected chi connectivity index (χ3v) is 4.40. The lowest BCUT2D eigenvalue weighted by atomic mass is 10.2. The van der Waals surface area contributed by atoms with Crippen molar-refractivity contribution in [2.75, 3.05) is 21.3 Å². The maximum atomic E-state index is 12.2. The molecule has 10 heteroatoms. The van der Waals surface area contributed by atoms with Gasteiger partial charge in [0.1, 0.15) is 0 Å². The molecule has 0 aliphatic carbocycles. The molecule has 0 N–H and O–H groups in total. The van der Waals surface area contributed by atoms with E-state index in [-0.39, 0.29) is 29.0 Å². The Kier molecular flexibility index (Phi) is 6.46. The van der Waals surface area contributed by atoms with Gasteiger partial charge in [-0.05, 0) is 30.3 Å². The zero-order valence-electron chi connectivity index (χ0n) is 15.7. The van der Waals surface area contributed by atoms with Gasteiger partial charge in [0.15, 0.2) is 18.1 Å². The van der Waals surface area contributed by atoms with Crippen molar-refractivity contribution in [3.8, 4) is 28.7 Å². The topological polar surface area (TPSA) is 92.9 Å². The van der Waals surface area contributed by atoms with Crippen molar-refractivity contribution in [2.45, 2.75) is 6.61 Å². The number of methoxy groups -OCH3 is 3. The SMILES string of the molecule is COc1cc(-c2nnc(COC(=O)c3ccc(Cl)cc3Cl)o2)cc(OC)c1OC. The minimum atomic E-state index is -0.640. The second-order valence-corrected chi connectivity index (χ2v) is 6.46. The van der Waals surface area contributed by atoms with Crippen LogP contribution in [0.25, 0.3) is 11.5 Å². The first-order chi connectivity index (χ1) is 14.0. The van der Waals surface area contributed by atoms with E-state index in [9.17, 15) is 4.79 Å². The second kappa shape index (κ2) is 9.02. The standard InChI is InChI=1S/C19H16Cl2N2O6/c1-25-14-6-10(7-15(26-2)17(14)27-3)18-23-22-16(29-18)9-28-19(24)12-5-4-11(20)8-13(12)21/h4-8H,9H2,1-3H3. The first-order valence-corrected chi connectivity index (χ1v) is 8.97. The molecule has 1 aromatic heterocycles. The molecule has 0 amide bonds. The molecular weight excluding hydrogens is 423 g/mol. The monoisotopic (exact) mass is 438 g/mol. The molecule has 1 heterocycles. The Labute approximate surface area is 176 Å². The number of carbonyl (C=O) groups is 1. The Morgan fingerprint density at radius 3 is 2.28 bits per heavy atom. The summed E-state index contributed by atoms with van der Waals surface area (Å²) in [5.74, 6) is 0.967. The number of aromatic nitrogens is 2. The quantitative estimate of drug-likeness (QED) is 0.500. The fourth-order valence-corrected chi connectivity index (χ4v) is 2.98. The smallest absolute Gasteiger partial charge is 0.340 e. The van der Waals surface area contributed by atoms with Crippen LogP contribution in [0, 0.1) is 0 Å². The summed E-state index contributed by atoms with van der Waals surface area (Å²) < 4.78 is 26.7.